The molecular formula is C29H39F3N6O2. The zero-order chi connectivity index (χ0) is 29.0. The summed E-state index contributed by atoms with van der Waals surface area (Å²) in [7, 11) is 3.90. The summed E-state index contributed by atoms with van der Waals surface area (Å²) in [6, 6.07) is 6.80. The third-order valence-electron chi connectivity index (χ3n) is 8.08. The quantitative estimate of drug-likeness (QED) is 0.478. The van der Waals surface area contributed by atoms with Crippen molar-refractivity contribution >= 4 is 23.5 Å². The van der Waals surface area contributed by atoms with Crippen molar-refractivity contribution in [2.75, 3.05) is 32.5 Å². The monoisotopic (exact) mass is 560 g/mol. The lowest BCUT2D eigenvalue weighted by Gasteiger charge is -2.35. The standard InChI is InChI=1S/C29H39F3N6O2/c1-18(2)26(39)35-24-7-5-6-20(24)16-25-23(29(30,31)32)17-33-28(36-25)34-21-10-8-19(9-11-21)27(40)38(4)22-12-14-37(3)15-13-22/h8-11,17-18,20,22,24H,5-7,12-16H2,1-4H3,(H,35,39)(H,33,34,36)/t20-,24-/m0/s1. The smallest absolute Gasteiger partial charge is 0.353 e. The largest absolute Gasteiger partial charge is 0.419 e. The number of nitrogens with zero attached hydrogens (tertiary/aromatic N) is 4. The van der Waals surface area contributed by atoms with Crippen molar-refractivity contribution in [3.8, 4) is 0 Å². The van der Waals surface area contributed by atoms with Crippen LogP contribution in [0.1, 0.15) is 67.6 Å². The van der Waals surface area contributed by atoms with Gasteiger partial charge in [0.25, 0.3) is 5.91 Å². The molecule has 0 spiro atoms. The van der Waals surface area contributed by atoms with Crippen LogP contribution < -0.4 is 10.6 Å². The van der Waals surface area contributed by atoms with Crippen LogP contribution in [-0.2, 0) is 17.4 Å². The molecule has 0 unspecified atom stereocenters. The first-order valence-corrected chi connectivity index (χ1v) is 14.0. The molecule has 4 rings (SSSR count). The van der Waals surface area contributed by atoms with Crippen LogP contribution in [0.2, 0.25) is 0 Å². The van der Waals surface area contributed by atoms with Crippen LogP contribution in [0.4, 0.5) is 24.8 Å². The Balaban J connectivity index is 1.46. The minimum Gasteiger partial charge on any atom is -0.353 e. The van der Waals surface area contributed by atoms with Gasteiger partial charge in [-0.3, -0.25) is 9.59 Å². The first-order valence-electron chi connectivity index (χ1n) is 14.0. The molecule has 11 heteroatoms. The van der Waals surface area contributed by atoms with Gasteiger partial charge in [0, 0.05) is 42.5 Å². The number of benzene rings is 1. The van der Waals surface area contributed by atoms with Gasteiger partial charge in [-0.25, -0.2) is 9.97 Å². The van der Waals surface area contributed by atoms with Gasteiger partial charge in [-0.1, -0.05) is 20.3 Å². The lowest BCUT2D eigenvalue weighted by Crippen LogP contribution is -2.44. The minimum absolute atomic E-state index is 0.0475. The Labute approximate surface area is 233 Å². The van der Waals surface area contributed by atoms with Gasteiger partial charge < -0.3 is 20.4 Å². The number of carbonyl (C=O) groups is 2. The van der Waals surface area contributed by atoms with Crippen LogP contribution in [0.5, 0.6) is 0 Å². The maximum absolute atomic E-state index is 13.8. The van der Waals surface area contributed by atoms with Crippen molar-refractivity contribution in [2.45, 2.75) is 70.6 Å². The highest BCUT2D eigenvalue weighted by Crippen LogP contribution is 2.35. The first-order chi connectivity index (χ1) is 18.9. The fraction of sp³-hybridized carbons (Fsp3) is 0.586. The van der Waals surface area contributed by atoms with E-state index in [0.29, 0.717) is 17.7 Å². The number of piperidine rings is 1. The number of carbonyl (C=O) groups excluding carboxylic acids is 2. The van der Waals surface area contributed by atoms with E-state index in [0.717, 1.165) is 45.0 Å². The lowest BCUT2D eigenvalue weighted by atomic mass is 9.95. The van der Waals surface area contributed by atoms with Gasteiger partial charge in [0.05, 0.1) is 11.3 Å². The Hall–Kier alpha value is -3.21. The third-order valence-corrected chi connectivity index (χ3v) is 8.08. The van der Waals surface area contributed by atoms with E-state index >= 15 is 0 Å². The maximum atomic E-state index is 13.8. The highest BCUT2D eigenvalue weighted by molar-refractivity contribution is 5.94. The molecule has 2 aromatic rings. The molecule has 1 saturated heterocycles. The molecule has 1 aliphatic carbocycles. The molecule has 2 aliphatic rings. The lowest BCUT2D eigenvalue weighted by molar-refractivity contribution is -0.138. The van der Waals surface area contributed by atoms with Crippen molar-refractivity contribution in [1.82, 2.24) is 25.1 Å². The zero-order valence-corrected chi connectivity index (χ0v) is 23.6. The summed E-state index contributed by atoms with van der Waals surface area (Å²) in [4.78, 5) is 37.5. The van der Waals surface area contributed by atoms with Crippen molar-refractivity contribution in [3.05, 3.63) is 47.3 Å². The average molecular weight is 561 g/mol. The van der Waals surface area contributed by atoms with E-state index in [9.17, 15) is 22.8 Å². The molecule has 8 nitrogen and oxygen atoms in total. The normalized spacial score (nSPS) is 20.5. The van der Waals surface area contributed by atoms with Crippen LogP contribution >= 0.6 is 0 Å². The molecule has 2 amide bonds. The number of aromatic nitrogens is 2. The molecule has 1 aromatic heterocycles. The number of rotatable bonds is 8. The molecule has 2 atom stereocenters. The van der Waals surface area contributed by atoms with E-state index in [2.05, 4.69) is 32.5 Å². The minimum atomic E-state index is -4.59. The van der Waals surface area contributed by atoms with Crippen LogP contribution in [0.3, 0.4) is 0 Å². The second kappa shape index (κ2) is 12.5. The summed E-state index contributed by atoms with van der Waals surface area (Å²) in [6.07, 6.45) is 0.457. The topological polar surface area (TPSA) is 90.5 Å². The maximum Gasteiger partial charge on any atom is 0.419 e. The van der Waals surface area contributed by atoms with Gasteiger partial charge >= 0.3 is 6.18 Å². The summed E-state index contributed by atoms with van der Waals surface area (Å²) in [6.45, 7) is 5.49. The average Bonchev–Trinajstić information content (AvgIpc) is 3.34. The van der Waals surface area contributed by atoms with E-state index in [1.165, 1.54) is 0 Å². The van der Waals surface area contributed by atoms with E-state index in [1.54, 1.807) is 43.0 Å². The third kappa shape index (κ3) is 7.30. The summed E-state index contributed by atoms with van der Waals surface area (Å²) in [5.74, 6) is -0.454. The first kappa shape index (κ1) is 29.8. The number of hydrogen-bond donors (Lipinski definition) is 2. The fourth-order valence-electron chi connectivity index (χ4n) is 5.52. The number of nitrogens with one attached hydrogen (secondary N) is 2. The molecule has 0 bridgehead atoms. The van der Waals surface area contributed by atoms with Crippen LogP contribution in [-0.4, -0.2) is 70.9 Å². The molecule has 0 radical (unpaired) electrons. The van der Waals surface area contributed by atoms with Crippen LogP contribution in [0.15, 0.2) is 30.5 Å². The van der Waals surface area contributed by atoms with Crippen molar-refractivity contribution in [3.63, 3.8) is 0 Å². The van der Waals surface area contributed by atoms with Gasteiger partial charge in [0.1, 0.15) is 0 Å². The number of likely N-dealkylation sites (tertiary alicyclic amines) is 1. The highest BCUT2D eigenvalue weighted by Gasteiger charge is 2.37. The van der Waals surface area contributed by atoms with Crippen molar-refractivity contribution < 1.29 is 22.8 Å². The van der Waals surface area contributed by atoms with Crippen molar-refractivity contribution in [1.29, 1.82) is 0 Å². The second-order valence-corrected chi connectivity index (χ2v) is 11.4. The second-order valence-electron chi connectivity index (χ2n) is 11.4. The summed E-state index contributed by atoms with van der Waals surface area (Å²) in [5.41, 5.74) is 0.146. The van der Waals surface area contributed by atoms with E-state index in [1.807, 2.05) is 7.05 Å². The summed E-state index contributed by atoms with van der Waals surface area (Å²) in [5, 5.41) is 5.97. The SMILES string of the molecule is CC(C)C(=O)N[C@H]1CCC[C@H]1Cc1nc(Nc2ccc(C(=O)N(C)C3CCN(C)CC3)cc2)ncc1C(F)(F)F. The van der Waals surface area contributed by atoms with Crippen LogP contribution in [0.25, 0.3) is 0 Å². The van der Waals surface area contributed by atoms with E-state index in [-0.39, 0.29) is 53.8 Å². The van der Waals surface area contributed by atoms with Gasteiger partial charge in [-0.05, 0) is 82.4 Å². The Bertz CT molecular complexity index is 1180. The predicted molar refractivity (Wildman–Crippen MR) is 147 cm³/mol. The van der Waals surface area contributed by atoms with Crippen LogP contribution in [0, 0.1) is 11.8 Å². The molecular weight excluding hydrogens is 521 g/mol. The summed E-state index contributed by atoms with van der Waals surface area (Å²) < 4.78 is 41.5. The highest BCUT2D eigenvalue weighted by atomic mass is 19.4. The number of amides is 2. The Kier molecular flexibility index (Phi) is 9.33. The molecule has 218 valence electrons. The molecule has 40 heavy (non-hydrogen) atoms. The molecule has 1 saturated carbocycles. The Morgan fingerprint density at radius 2 is 1.77 bits per heavy atom. The predicted octanol–water partition coefficient (Wildman–Crippen LogP) is 4.89. The molecule has 2 heterocycles. The number of hydrogen-bond acceptors (Lipinski definition) is 6. The molecule has 1 aliphatic heterocycles. The van der Waals surface area contributed by atoms with Gasteiger partial charge in [0.2, 0.25) is 11.9 Å². The Morgan fingerprint density at radius 1 is 1.10 bits per heavy atom. The molecule has 1 aromatic carbocycles. The molecule has 2 N–H and O–H groups in total. The zero-order valence-electron chi connectivity index (χ0n) is 23.6. The molecule has 2 fully saturated rings. The Morgan fingerprint density at radius 3 is 2.40 bits per heavy atom. The fourth-order valence-corrected chi connectivity index (χ4v) is 5.52. The number of anilines is 2. The van der Waals surface area contributed by atoms with E-state index < -0.39 is 11.7 Å². The van der Waals surface area contributed by atoms with E-state index in [4.69, 9.17) is 0 Å². The van der Waals surface area contributed by atoms with Crippen molar-refractivity contribution in [2.24, 2.45) is 11.8 Å². The number of alkyl halides is 3. The summed E-state index contributed by atoms with van der Waals surface area (Å²) >= 11 is 0. The van der Waals surface area contributed by atoms with Gasteiger partial charge in [0.15, 0.2) is 0 Å². The number of halogens is 3. The van der Waals surface area contributed by atoms with Gasteiger partial charge in [-0.2, -0.15) is 13.2 Å². The van der Waals surface area contributed by atoms with Gasteiger partial charge in [-0.15, -0.1) is 0 Å².